The number of benzene rings is 1. The van der Waals surface area contributed by atoms with Gasteiger partial charge >= 0.3 is 0 Å². The zero-order chi connectivity index (χ0) is 14.0. The van der Waals surface area contributed by atoms with E-state index in [1.165, 1.54) is 12.1 Å². The lowest BCUT2D eigenvalue weighted by molar-refractivity contribution is 0.526. The Morgan fingerprint density at radius 2 is 2.26 bits per heavy atom. The van der Waals surface area contributed by atoms with Crippen LogP contribution in [-0.2, 0) is 13.5 Å². The molecule has 4 nitrogen and oxygen atoms in total. The van der Waals surface area contributed by atoms with Crippen molar-refractivity contribution in [2.24, 2.45) is 12.9 Å². The minimum absolute atomic E-state index is 0.207. The molecule has 6 heteroatoms. The molecule has 19 heavy (non-hydrogen) atoms. The third kappa shape index (κ3) is 2.94. The lowest BCUT2D eigenvalue weighted by atomic mass is 9.99. The molecule has 0 aliphatic rings. The number of hydrogen-bond acceptors (Lipinski definition) is 3. The number of aryl methyl sites for hydroxylation is 1. The first-order chi connectivity index (χ1) is 9.02. The molecule has 1 unspecified atom stereocenters. The van der Waals surface area contributed by atoms with Crippen LogP contribution >= 0.6 is 11.6 Å². The van der Waals surface area contributed by atoms with E-state index in [1.807, 2.05) is 14.0 Å². The third-order valence-corrected chi connectivity index (χ3v) is 3.52. The van der Waals surface area contributed by atoms with Gasteiger partial charge in [-0.05, 0) is 37.1 Å². The fourth-order valence-electron chi connectivity index (χ4n) is 2.04. The maximum Gasteiger partial charge on any atom is 0.126 e. The minimum Gasteiger partial charge on any atom is -0.273 e. The molecule has 0 amide bonds. The van der Waals surface area contributed by atoms with Crippen LogP contribution in [0.3, 0.4) is 0 Å². The number of hydrazine groups is 1. The number of rotatable bonds is 4. The van der Waals surface area contributed by atoms with Gasteiger partial charge < -0.3 is 0 Å². The average molecular weight is 283 g/mol. The smallest absolute Gasteiger partial charge is 0.126 e. The van der Waals surface area contributed by atoms with Crippen LogP contribution in [0, 0.1) is 12.7 Å². The van der Waals surface area contributed by atoms with E-state index in [0.29, 0.717) is 17.0 Å². The molecular formula is C13H16ClFN4. The molecule has 0 aliphatic heterocycles. The first kappa shape index (κ1) is 14.0. The predicted molar refractivity (Wildman–Crippen MR) is 73.1 cm³/mol. The van der Waals surface area contributed by atoms with Gasteiger partial charge in [-0.1, -0.05) is 11.6 Å². The second-order valence-corrected chi connectivity index (χ2v) is 4.90. The van der Waals surface area contributed by atoms with E-state index >= 15 is 0 Å². The van der Waals surface area contributed by atoms with Crippen LogP contribution in [0.25, 0.3) is 0 Å². The van der Waals surface area contributed by atoms with Crippen molar-refractivity contribution in [1.29, 1.82) is 0 Å². The highest BCUT2D eigenvalue weighted by Crippen LogP contribution is 2.23. The Labute approximate surface area is 116 Å². The van der Waals surface area contributed by atoms with Crippen LogP contribution in [0.15, 0.2) is 24.4 Å². The summed E-state index contributed by atoms with van der Waals surface area (Å²) in [5.74, 6) is 5.29. The fourth-order valence-corrected chi connectivity index (χ4v) is 2.23. The van der Waals surface area contributed by atoms with Crippen molar-refractivity contribution < 1.29 is 4.39 Å². The van der Waals surface area contributed by atoms with E-state index in [2.05, 4.69) is 10.5 Å². The fraction of sp³-hybridized carbons (Fsp3) is 0.308. The van der Waals surface area contributed by atoms with Crippen molar-refractivity contribution in [3.05, 3.63) is 52.1 Å². The summed E-state index contributed by atoms with van der Waals surface area (Å²) in [4.78, 5) is 0. The van der Waals surface area contributed by atoms with Crippen LogP contribution in [0.1, 0.15) is 22.9 Å². The maximum atomic E-state index is 13.7. The van der Waals surface area contributed by atoms with Crippen molar-refractivity contribution in [3.8, 4) is 0 Å². The summed E-state index contributed by atoms with van der Waals surface area (Å²) in [6, 6.07) is 4.30. The van der Waals surface area contributed by atoms with Crippen LogP contribution in [-0.4, -0.2) is 9.78 Å². The molecule has 0 bridgehead atoms. The highest BCUT2D eigenvalue weighted by molar-refractivity contribution is 6.30. The monoisotopic (exact) mass is 282 g/mol. The number of aromatic nitrogens is 2. The maximum absolute atomic E-state index is 13.7. The second kappa shape index (κ2) is 5.69. The molecule has 1 atom stereocenters. The number of hydrogen-bond donors (Lipinski definition) is 2. The number of nitrogens with zero attached hydrogens (tertiary/aromatic N) is 2. The van der Waals surface area contributed by atoms with E-state index in [0.717, 1.165) is 11.3 Å². The summed E-state index contributed by atoms with van der Waals surface area (Å²) in [6.45, 7) is 1.95. The van der Waals surface area contributed by atoms with Gasteiger partial charge in [0.2, 0.25) is 0 Å². The van der Waals surface area contributed by atoms with Crippen LogP contribution in [0.2, 0.25) is 5.02 Å². The summed E-state index contributed by atoms with van der Waals surface area (Å²) in [5, 5.41) is 4.68. The molecular weight excluding hydrogens is 267 g/mol. The molecule has 0 aliphatic carbocycles. The van der Waals surface area contributed by atoms with Gasteiger partial charge in [0.05, 0.1) is 12.2 Å². The molecule has 1 aromatic heterocycles. The Kier molecular flexibility index (Phi) is 4.19. The highest BCUT2D eigenvalue weighted by Gasteiger charge is 2.17. The summed E-state index contributed by atoms with van der Waals surface area (Å²) in [6.07, 6.45) is 2.15. The second-order valence-electron chi connectivity index (χ2n) is 4.47. The average Bonchev–Trinajstić information content (AvgIpc) is 2.71. The number of nitrogens with two attached hydrogens (primary N) is 1. The van der Waals surface area contributed by atoms with Gasteiger partial charge in [-0.25, -0.2) is 4.39 Å². The first-order valence-electron chi connectivity index (χ1n) is 5.91. The SMILES string of the molecule is Cc1c(C(Cc2cc(Cl)ccc2F)NN)cnn1C. The Morgan fingerprint density at radius 3 is 2.84 bits per heavy atom. The molecule has 0 saturated heterocycles. The molecule has 0 saturated carbocycles. The lowest BCUT2D eigenvalue weighted by Crippen LogP contribution is -2.30. The van der Waals surface area contributed by atoms with Crippen molar-refractivity contribution in [2.45, 2.75) is 19.4 Å². The van der Waals surface area contributed by atoms with E-state index in [4.69, 9.17) is 17.4 Å². The zero-order valence-corrected chi connectivity index (χ0v) is 11.6. The molecule has 2 rings (SSSR count). The molecule has 0 radical (unpaired) electrons. The summed E-state index contributed by atoms with van der Waals surface area (Å²) in [5.41, 5.74) is 5.17. The largest absolute Gasteiger partial charge is 0.273 e. The summed E-state index contributed by atoms with van der Waals surface area (Å²) < 4.78 is 15.5. The Bertz CT molecular complexity index is 582. The molecule has 1 heterocycles. The van der Waals surface area contributed by atoms with Crippen molar-refractivity contribution in [3.63, 3.8) is 0 Å². The topological polar surface area (TPSA) is 55.9 Å². The molecule has 3 N–H and O–H groups in total. The van der Waals surface area contributed by atoms with Gasteiger partial charge in [0.15, 0.2) is 0 Å². The zero-order valence-electron chi connectivity index (χ0n) is 10.8. The van der Waals surface area contributed by atoms with Crippen LogP contribution in [0.4, 0.5) is 4.39 Å². The quantitative estimate of drug-likeness (QED) is 0.668. The van der Waals surface area contributed by atoms with Gasteiger partial charge in [-0.15, -0.1) is 0 Å². The van der Waals surface area contributed by atoms with Crippen molar-refractivity contribution >= 4 is 11.6 Å². The first-order valence-corrected chi connectivity index (χ1v) is 6.29. The van der Waals surface area contributed by atoms with E-state index in [9.17, 15) is 4.39 Å². The van der Waals surface area contributed by atoms with E-state index in [1.54, 1.807) is 16.9 Å². The van der Waals surface area contributed by atoms with Crippen LogP contribution in [0.5, 0.6) is 0 Å². The minimum atomic E-state index is -0.286. The van der Waals surface area contributed by atoms with E-state index in [-0.39, 0.29) is 11.9 Å². The Balaban J connectivity index is 2.29. The molecule has 0 spiro atoms. The van der Waals surface area contributed by atoms with Gasteiger partial charge in [0.25, 0.3) is 0 Å². The van der Waals surface area contributed by atoms with Crippen molar-refractivity contribution in [2.75, 3.05) is 0 Å². The third-order valence-electron chi connectivity index (χ3n) is 3.28. The molecule has 0 fully saturated rings. The van der Waals surface area contributed by atoms with Gasteiger partial charge in [-0.2, -0.15) is 5.10 Å². The highest BCUT2D eigenvalue weighted by atomic mass is 35.5. The van der Waals surface area contributed by atoms with Gasteiger partial charge in [0, 0.05) is 23.3 Å². The summed E-state index contributed by atoms with van der Waals surface area (Å²) in [7, 11) is 1.85. The summed E-state index contributed by atoms with van der Waals surface area (Å²) >= 11 is 5.89. The Hall–Kier alpha value is -1.43. The Morgan fingerprint density at radius 1 is 1.53 bits per heavy atom. The standard InChI is InChI=1S/C13H16ClFN4/c1-8-11(7-17-19(8)2)13(18-16)6-9-5-10(14)3-4-12(9)15/h3-5,7,13,18H,6,16H2,1-2H3. The molecule has 1 aromatic carbocycles. The number of nitrogens with one attached hydrogen (secondary N) is 1. The van der Waals surface area contributed by atoms with E-state index < -0.39 is 0 Å². The van der Waals surface area contributed by atoms with Crippen LogP contribution < -0.4 is 11.3 Å². The molecule has 2 aromatic rings. The van der Waals surface area contributed by atoms with Gasteiger partial charge in [-0.3, -0.25) is 16.0 Å². The predicted octanol–water partition coefficient (Wildman–Crippen LogP) is 2.27. The van der Waals surface area contributed by atoms with Crippen molar-refractivity contribution in [1.82, 2.24) is 15.2 Å². The lowest BCUT2D eigenvalue weighted by Gasteiger charge is -2.16. The van der Waals surface area contributed by atoms with Gasteiger partial charge in [0.1, 0.15) is 5.82 Å². The molecule has 102 valence electrons. The normalized spacial score (nSPS) is 12.7. The number of halogens is 2.